The van der Waals surface area contributed by atoms with Crippen LogP contribution in [0.5, 0.6) is 0 Å². The predicted octanol–water partition coefficient (Wildman–Crippen LogP) is 5.54. The molecule has 1 amide bonds. The molecule has 6 heteroatoms. The summed E-state index contributed by atoms with van der Waals surface area (Å²) >= 11 is 0. The van der Waals surface area contributed by atoms with Gasteiger partial charge < -0.3 is 10.1 Å². The number of aryl methyl sites for hydroxylation is 1. The van der Waals surface area contributed by atoms with E-state index in [0.29, 0.717) is 12.3 Å². The number of hydrogen-bond acceptors (Lipinski definition) is 4. The third-order valence-corrected chi connectivity index (χ3v) is 5.83. The monoisotopic (exact) mass is 431 g/mol. The molecular formula is C26H29N3O3. The number of aromatic nitrogens is 2. The van der Waals surface area contributed by atoms with E-state index >= 15 is 0 Å². The second-order valence-electron chi connectivity index (χ2n) is 8.37. The molecule has 0 radical (unpaired) electrons. The first kappa shape index (κ1) is 21.8. The number of amides is 1. The van der Waals surface area contributed by atoms with E-state index in [2.05, 4.69) is 10.4 Å². The van der Waals surface area contributed by atoms with E-state index in [1.165, 1.54) is 12.8 Å². The highest BCUT2D eigenvalue weighted by atomic mass is 16.5. The van der Waals surface area contributed by atoms with Crippen LogP contribution in [0.3, 0.4) is 0 Å². The van der Waals surface area contributed by atoms with Crippen molar-refractivity contribution in [1.82, 2.24) is 9.78 Å². The summed E-state index contributed by atoms with van der Waals surface area (Å²) in [7, 11) is 0. The summed E-state index contributed by atoms with van der Waals surface area (Å²) in [5, 5.41) is 7.57. The van der Waals surface area contributed by atoms with Crippen molar-refractivity contribution in [3.05, 3.63) is 65.9 Å². The highest BCUT2D eigenvalue weighted by molar-refractivity contribution is 5.92. The smallest absolute Gasteiger partial charge is 0.358 e. The molecule has 2 aromatic carbocycles. The van der Waals surface area contributed by atoms with E-state index in [9.17, 15) is 9.59 Å². The molecule has 3 aromatic rings. The standard InChI is InChI=1S/C26H29N3O3/c1-3-32-26(31)23-17-24(29(28-23)22-13-6-8-18(2)14-22)20-11-7-12-21(16-20)27-25(30)15-19-9-4-5-10-19/h6-8,11-14,16-17,19H,3-5,9-10,15H2,1-2H3,(H,27,30). The van der Waals surface area contributed by atoms with Gasteiger partial charge in [-0.25, -0.2) is 9.48 Å². The Kier molecular flexibility index (Phi) is 6.69. The van der Waals surface area contributed by atoms with E-state index in [1.54, 1.807) is 17.7 Å². The molecule has 166 valence electrons. The van der Waals surface area contributed by atoms with E-state index in [1.807, 2.05) is 55.5 Å². The molecule has 1 fully saturated rings. The molecule has 1 aliphatic carbocycles. The molecule has 32 heavy (non-hydrogen) atoms. The highest BCUT2D eigenvalue weighted by Crippen LogP contribution is 2.29. The summed E-state index contributed by atoms with van der Waals surface area (Å²) < 4.78 is 6.91. The average Bonchev–Trinajstić information content (AvgIpc) is 3.44. The zero-order valence-corrected chi connectivity index (χ0v) is 18.6. The summed E-state index contributed by atoms with van der Waals surface area (Å²) in [6, 6.07) is 17.3. The zero-order valence-electron chi connectivity index (χ0n) is 18.6. The van der Waals surface area contributed by atoms with Crippen molar-refractivity contribution in [1.29, 1.82) is 0 Å². The average molecular weight is 432 g/mol. The van der Waals surface area contributed by atoms with Crippen LogP contribution in [0.15, 0.2) is 54.6 Å². The van der Waals surface area contributed by atoms with Crippen molar-refractivity contribution in [3.8, 4) is 16.9 Å². The minimum Gasteiger partial charge on any atom is -0.461 e. The lowest BCUT2D eigenvalue weighted by Crippen LogP contribution is -2.15. The lowest BCUT2D eigenvalue weighted by molar-refractivity contribution is -0.117. The molecular weight excluding hydrogens is 402 g/mol. The van der Waals surface area contributed by atoms with Gasteiger partial charge in [0.1, 0.15) is 0 Å². The lowest BCUT2D eigenvalue weighted by Gasteiger charge is -2.12. The molecule has 4 rings (SSSR count). The Morgan fingerprint density at radius 2 is 1.88 bits per heavy atom. The quantitative estimate of drug-likeness (QED) is 0.498. The second-order valence-corrected chi connectivity index (χ2v) is 8.37. The van der Waals surface area contributed by atoms with E-state index in [0.717, 1.165) is 41.0 Å². The maximum absolute atomic E-state index is 12.5. The van der Waals surface area contributed by atoms with Crippen LogP contribution in [0.4, 0.5) is 5.69 Å². The van der Waals surface area contributed by atoms with Crippen LogP contribution in [-0.2, 0) is 9.53 Å². The van der Waals surface area contributed by atoms with Crippen LogP contribution < -0.4 is 5.32 Å². The van der Waals surface area contributed by atoms with Crippen LogP contribution in [0.2, 0.25) is 0 Å². The summed E-state index contributed by atoms with van der Waals surface area (Å²) in [6.07, 6.45) is 5.29. The molecule has 1 aromatic heterocycles. The minimum atomic E-state index is -0.457. The van der Waals surface area contributed by atoms with E-state index in [-0.39, 0.29) is 18.2 Å². The predicted molar refractivity (Wildman–Crippen MR) is 125 cm³/mol. The molecule has 0 aliphatic heterocycles. The lowest BCUT2D eigenvalue weighted by atomic mass is 10.0. The van der Waals surface area contributed by atoms with Crippen LogP contribution in [-0.4, -0.2) is 28.3 Å². The fourth-order valence-electron chi connectivity index (χ4n) is 4.29. The number of nitrogens with zero attached hydrogens (tertiary/aromatic N) is 2. The number of nitrogens with one attached hydrogen (secondary N) is 1. The number of benzene rings is 2. The Morgan fingerprint density at radius 3 is 2.62 bits per heavy atom. The van der Waals surface area contributed by atoms with Gasteiger partial charge in [-0.15, -0.1) is 0 Å². The first-order valence-corrected chi connectivity index (χ1v) is 11.3. The van der Waals surface area contributed by atoms with Crippen LogP contribution in [0, 0.1) is 12.8 Å². The Hall–Kier alpha value is -3.41. The van der Waals surface area contributed by atoms with Crippen molar-refractivity contribution in [2.24, 2.45) is 5.92 Å². The normalized spacial score (nSPS) is 13.8. The molecule has 6 nitrogen and oxygen atoms in total. The molecule has 0 atom stereocenters. The van der Waals surface area contributed by atoms with Crippen molar-refractivity contribution in [2.75, 3.05) is 11.9 Å². The third-order valence-electron chi connectivity index (χ3n) is 5.83. The minimum absolute atomic E-state index is 0.0495. The van der Waals surface area contributed by atoms with Gasteiger partial charge in [0.2, 0.25) is 5.91 Å². The van der Waals surface area contributed by atoms with Gasteiger partial charge in [-0.05, 0) is 68.5 Å². The van der Waals surface area contributed by atoms with Gasteiger partial charge in [0, 0.05) is 17.7 Å². The first-order chi connectivity index (χ1) is 15.5. The van der Waals surface area contributed by atoms with Gasteiger partial charge in [-0.3, -0.25) is 4.79 Å². The van der Waals surface area contributed by atoms with Gasteiger partial charge in [0.15, 0.2) is 5.69 Å². The van der Waals surface area contributed by atoms with Gasteiger partial charge in [-0.2, -0.15) is 5.10 Å². The van der Waals surface area contributed by atoms with Gasteiger partial charge in [-0.1, -0.05) is 37.1 Å². The number of anilines is 1. The largest absolute Gasteiger partial charge is 0.461 e. The molecule has 1 N–H and O–H groups in total. The van der Waals surface area contributed by atoms with Crippen LogP contribution in [0.1, 0.15) is 55.1 Å². The molecule has 1 heterocycles. The van der Waals surface area contributed by atoms with Crippen molar-refractivity contribution < 1.29 is 14.3 Å². The maximum atomic E-state index is 12.5. The second kappa shape index (κ2) is 9.81. The summed E-state index contributed by atoms with van der Waals surface area (Å²) in [4.78, 5) is 24.9. The number of carbonyl (C=O) groups excluding carboxylic acids is 2. The first-order valence-electron chi connectivity index (χ1n) is 11.3. The summed E-state index contributed by atoms with van der Waals surface area (Å²) in [5.74, 6) is 0.0858. The Balaban J connectivity index is 1.65. The zero-order chi connectivity index (χ0) is 22.5. The third kappa shape index (κ3) is 5.07. The molecule has 0 unspecified atom stereocenters. The Labute approximate surface area is 188 Å². The Bertz CT molecular complexity index is 1110. The maximum Gasteiger partial charge on any atom is 0.358 e. The molecule has 0 bridgehead atoms. The number of esters is 1. The number of ether oxygens (including phenoxy) is 1. The van der Waals surface area contributed by atoms with E-state index < -0.39 is 5.97 Å². The number of rotatable bonds is 7. The van der Waals surface area contributed by atoms with Gasteiger partial charge >= 0.3 is 5.97 Å². The van der Waals surface area contributed by atoms with Crippen LogP contribution in [0.25, 0.3) is 16.9 Å². The SMILES string of the molecule is CCOC(=O)c1cc(-c2cccc(NC(=O)CC3CCCC3)c2)n(-c2cccc(C)c2)n1. The summed E-state index contributed by atoms with van der Waals surface area (Å²) in [6.45, 7) is 4.07. The van der Waals surface area contributed by atoms with Crippen LogP contribution >= 0.6 is 0 Å². The van der Waals surface area contributed by atoms with Crippen molar-refractivity contribution >= 4 is 17.6 Å². The topological polar surface area (TPSA) is 73.2 Å². The number of carbonyl (C=O) groups is 2. The summed E-state index contributed by atoms with van der Waals surface area (Å²) in [5.41, 5.74) is 4.54. The van der Waals surface area contributed by atoms with Gasteiger partial charge in [0.25, 0.3) is 0 Å². The highest BCUT2D eigenvalue weighted by Gasteiger charge is 2.20. The van der Waals surface area contributed by atoms with Gasteiger partial charge in [0.05, 0.1) is 18.0 Å². The molecule has 0 spiro atoms. The molecule has 0 saturated heterocycles. The molecule has 1 saturated carbocycles. The molecule has 1 aliphatic rings. The fraction of sp³-hybridized carbons (Fsp3) is 0.346. The van der Waals surface area contributed by atoms with Crippen molar-refractivity contribution in [2.45, 2.75) is 46.0 Å². The Morgan fingerprint density at radius 1 is 1.09 bits per heavy atom. The number of hydrogen-bond donors (Lipinski definition) is 1. The van der Waals surface area contributed by atoms with Crippen molar-refractivity contribution in [3.63, 3.8) is 0 Å². The van der Waals surface area contributed by atoms with E-state index in [4.69, 9.17) is 4.74 Å². The fourth-order valence-corrected chi connectivity index (χ4v) is 4.29.